The maximum Gasteiger partial charge on any atom is 0.355 e. The molecule has 1 unspecified atom stereocenters. The van der Waals surface area contributed by atoms with Gasteiger partial charge < -0.3 is 19.8 Å². The number of rotatable bonds is 6. The zero-order chi connectivity index (χ0) is 22.4. The van der Waals surface area contributed by atoms with Crippen molar-refractivity contribution < 1.29 is 32.3 Å². The molecule has 1 aliphatic heterocycles. The standard InChI is InChI=1S/C19H22N4O7S/c1-20-19(26)22-17(24)16(13-5-3-2-4-6-13)30-18(25)15-11-14(12-21-15)31(27,28)23-7-9-29-10-8-23/h2-6,11-12,16,21H,7-10H2,1H3,(H2,20,22,24,26). The summed E-state index contributed by atoms with van der Waals surface area (Å²) in [6, 6.07) is 8.50. The highest BCUT2D eigenvalue weighted by Gasteiger charge is 2.30. The summed E-state index contributed by atoms with van der Waals surface area (Å²) < 4.78 is 37.2. The van der Waals surface area contributed by atoms with E-state index in [0.717, 1.165) is 6.07 Å². The van der Waals surface area contributed by atoms with Gasteiger partial charge in [-0.1, -0.05) is 30.3 Å². The highest BCUT2D eigenvalue weighted by atomic mass is 32.2. The fourth-order valence-corrected chi connectivity index (χ4v) is 4.29. The second-order valence-electron chi connectivity index (χ2n) is 6.53. The molecule has 2 heterocycles. The Morgan fingerprint density at radius 2 is 1.84 bits per heavy atom. The molecule has 1 atom stereocenters. The van der Waals surface area contributed by atoms with Gasteiger partial charge in [-0.25, -0.2) is 18.0 Å². The van der Waals surface area contributed by atoms with Crippen molar-refractivity contribution in [1.82, 2.24) is 19.9 Å². The number of amides is 3. The molecule has 1 aromatic heterocycles. The molecule has 3 N–H and O–H groups in total. The Bertz CT molecular complexity index is 1050. The number of nitrogens with one attached hydrogen (secondary N) is 3. The molecule has 0 saturated carbocycles. The lowest BCUT2D eigenvalue weighted by molar-refractivity contribution is -0.129. The van der Waals surface area contributed by atoms with E-state index in [0.29, 0.717) is 5.56 Å². The quantitative estimate of drug-likeness (QED) is 0.540. The molecule has 11 nitrogen and oxygen atoms in total. The van der Waals surface area contributed by atoms with E-state index in [2.05, 4.69) is 15.6 Å². The van der Waals surface area contributed by atoms with Gasteiger partial charge >= 0.3 is 12.0 Å². The van der Waals surface area contributed by atoms with Crippen molar-refractivity contribution in [3.63, 3.8) is 0 Å². The van der Waals surface area contributed by atoms with E-state index < -0.39 is 34.0 Å². The summed E-state index contributed by atoms with van der Waals surface area (Å²) in [5, 5.41) is 4.31. The molecule has 31 heavy (non-hydrogen) atoms. The maximum atomic E-state index is 12.7. The first-order valence-corrected chi connectivity index (χ1v) is 10.8. The van der Waals surface area contributed by atoms with Crippen molar-refractivity contribution in [1.29, 1.82) is 0 Å². The minimum absolute atomic E-state index is 0.104. The number of urea groups is 1. The summed E-state index contributed by atoms with van der Waals surface area (Å²) in [6.07, 6.45) is -0.239. The van der Waals surface area contributed by atoms with E-state index >= 15 is 0 Å². The molecule has 3 rings (SSSR count). The number of benzene rings is 1. The van der Waals surface area contributed by atoms with Gasteiger partial charge in [-0.15, -0.1) is 0 Å². The molecule has 3 amide bonds. The topological polar surface area (TPSA) is 147 Å². The fraction of sp³-hybridized carbons (Fsp3) is 0.316. The van der Waals surface area contributed by atoms with Gasteiger partial charge in [0.05, 0.1) is 13.2 Å². The Labute approximate surface area is 178 Å². The van der Waals surface area contributed by atoms with Crippen LogP contribution in [0.2, 0.25) is 0 Å². The smallest absolute Gasteiger partial charge is 0.355 e. The van der Waals surface area contributed by atoms with Crippen molar-refractivity contribution in [3.05, 3.63) is 53.9 Å². The number of ether oxygens (including phenoxy) is 2. The average molecular weight is 450 g/mol. The van der Waals surface area contributed by atoms with Crippen LogP contribution in [0.1, 0.15) is 22.2 Å². The number of esters is 1. The largest absolute Gasteiger partial charge is 0.443 e. The predicted molar refractivity (Wildman–Crippen MR) is 108 cm³/mol. The van der Waals surface area contributed by atoms with Gasteiger partial charge in [-0.2, -0.15) is 4.31 Å². The van der Waals surface area contributed by atoms with Crippen molar-refractivity contribution in [3.8, 4) is 0 Å². The number of sulfonamides is 1. The third kappa shape index (κ3) is 5.29. The molecule has 2 aromatic rings. The first-order chi connectivity index (χ1) is 14.8. The molecule has 0 aliphatic carbocycles. The van der Waals surface area contributed by atoms with Crippen LogP contribution in [0.5, 0.6) is 0 Å². The van der Waals surface area contributed by atoms with Gasteiger partial charge in [-0.3, -0.25) is 10.1 Å². The molecule has 0 radical (unpaired) electrons. The normalized spacial score (nSPS) is 15.6. The summed E-state index contributed by atoms with van der Waals surface area (Å²) in [5.41, 5.74) is 0.186. The lowest BCUT2D eigenvalue weighted by Crippen LogP contribution is -2.41. The zero-order valence-electron chi connectivity index (χ0n) is 16.7. The Morgan fingerprint density at radius 1 is 1.16 bits per heavy atom. The van der Waals surface area contributed by atoms with E-state index in [-0.39, 0.29) is 36.9 Å². The Hall–Kier alpha value is -3.22. The average Bonchev–Trinajstić information content (AvgIpc) is 3.29. The van der Waals surface area contributed by atoms with Gasteiger partial charge in [0, 0.05) is 31.9 Å². The number of hydrogen-bond acceptors (Lipinski definition) is 7. The van der Waals surface area contributed by atoms with Gasteiger partial charge in [0.25, 0.3) is 5.91 Å². The summed E-state index contributed by atoms with van der Waals surface area (Å²) in [5.74, 6) is -1.81. The molecule has 1 saturated heterocycles. The van der Waals surface area contributed by atoms with Crippen molar-refractivity contribution in [2.75, 3.05) is 33.4 Å². The molecule has 12 heteroatoms. The number of carbonyl (C=O) groups is 3. The second-order valence-corrected chi connectivity index (χ2v) is 8.47. The summed E-state index contributed by atoms with van der Waals surface area (Å²) in [6.45, 7) is 1.00. The SMILES string of the molecule is CNC(=O)NC(=O)C(OC(=O)c1cc(S(=O)(=O)N2CCOCC2)c[nH]1)c1ccccc1. The van der Waals surface area contributed by atoms with E-state index in [1.807, 2.05) is 0 Å². The summed E-state index contributed by atoms with van der Waals surface area (Å²) >= 11 is 0. The van der Waals surface area contributed by atoms with Crippen molar-refractivity contribution in [2.45, 2.75) is 11.0 Å². The number of hydrogen-bond donors (Lipinski definition) is 3. The minimum Gasteiger partial charge on any atom is -0.443 e. The van der Waals surface area contributed by atoms with E-state index in [1.54, 1.807) is 30.3 Å². The van der Waals surface area contributed by atoms with E-state index in [4.69, 9.17) is 9.47 Å². The van der Waals surface area contributed by atoms with Crippen LogP contribution in [0, 0.1) is 0 Å². The number of imide groups is 1. The number of carbonyl (C=O) groups excluding carboxylic acids is 3. The zero-order valence-corrected chi connectivity index (χ0v) is 17.5. The van der Waals surface area contributed by atoms with Crippen LogP contribution in [0.3, 0.4) is 0 Å². The number of aromatic nitrogens is 1. The highest BCUT2D eigenvalue weighted by Crippen LogP contribution is 2.22. The van der Waals surface area contributed by atoms with E-state index in [1.165, 1.54) is 17.5 Å². The lowest BCUT2D eigenvalue weighted by Gasteiger charge is -2.25. The van der Waals surface area contributed by atoms with Gasteiger partial charge in [-0.05, 0) is 6.07 Å². The van der Waals surface area contributed by atoms with Crippen LogP contribution in [0.25, 0.3) is 0 Å². The van der Waals surface area contributed by atoms with Crippen LogP contribution in [0.4, 0.5) is 4.79 Å². The van der Waals surface area contributed by atoms with Crippen LogP contribution in [-0.2, 0) is 24.3 Å². The Balaban J connectivity index is 1.79. The Morgan fingerprint density at radius 3 is 2.48 bits per heavy atom. The fourth-order valence-electron chi connectivity index (χ4n) is 2.89. The monoisotopic (exact) mass is 450 g/mol. The maximum absolute atomic E-state index is 12.7. The third-order valence-corrected chi connectivity index (χ3v) is 6.39. The molecule has 0 bridgehead atoms. The summed E-state index contributed by atoms with van der Waals surface area (Å²) in [4.78, 5) is 39.1. The molecule has 1 fully saturated rings. The minimum atomic E-state index is -3.81. The molecular weight excluding hydrogens is 428 g/mol. The third-order valence-electron chi connectivity index (χ3n) is 4.51. The predicted octanol–water partition coefficient (Wildman–Crippen LogP) is 0.389. The van der Waals surface area contributed by atoms with Crippen LogP contribution >= 0.6 is 0 Å². The number of morpholine rings is 1. The first-order valence-electron chi connectivity index (χ1n) is 9.37. The highest BCUT2D eigenvalue weighted by molar-refractivity contribution is 7.89. The molecule has 1 aliphatic rings. The molecule has 0 spiro atoms. The second kappa shape index (κ2) is 9.73. The molecular formula is C19H22N4O7S. The Kier molecular flexibility index (Phi) is 7.05. The molecule has 1 aromatic carbocycles. The van der Waals surface area contributed by atoms with E-state index in [9.17, 15) is 22.8 Å². The van der Waals surface area contributed by atoms with Crippen molar-refractivity contribution in [2.24, 2.45) is 0 Å². The number of nitrogens with zero attached hydrogens (tertiary/aromatic N) is 1. The van der Waals surface area contributed by atoms with Crippen molar-refractivity contribution >= 4 is 27.9 Å². The van der Waals surface area contributed by atoms with Crippen LogP contribution in [0.15, 0.2) is 47.5 Å². The molecule has 166 valence electrons. The van der Waals surface area contributed by atoms with Gasteiger partial charge in [0.15, 0.2) is 0 Å². The number of H-pyrrole nitrogens is 1. The van der Waals surface area contributed by atoms with Gasteiger partial charge in [0.2, 0.25) is 16.1 Å². The lowest BCUT2D eigenvalue weighted by atomic mass is 10.1. The van der Waals surface area contributed by atoms with Crippen LogP contribution in [-0.4, -0.2) is 69.0 Å². The number of aromatic amines is 1. The first kappa shape index (κ1) is 22.5. The van der Waals surface area contributed by atoms with Gasteiger partial charge in [0.1, 0.15) is 10.6 Å². The van der Waals surface area contributed by atoms with Crippen LogP contribution < -0.4 is 10.6 Å². The summed E-state index contributed by atoms with van der Waals surface area (Å²) in [7, 11) is -2.47.